The highest BCUT2D eigenvalue weighted by atomic mass is 16.3. The molecule has 0 saturated carbocycles. The van der Waals surface area contributed by atoms with Crippen LogP contribution in [-0.2, 0) is 6.42 Å². The lowest BCUT2D eigenvalue weighted by atomic mass is 10.2. The number of nitrogens with one attached hydrogen (secondary N) is 1. The summed E-state index contributed by atoms with van der Waals surface area (Å²) in [6.07, 6.45) is 2.21. The van der Waals surface area contributed by atoms with Crippen LogP contribution >= 0.6 is 0 Å². The lowest BCUT2D eigenvalue weighted by Gasteiger charge is -2.07. The molecule has 1 aromatic rings. The zero-order valence-corrected chi connectivity index (χ0v) is 9.07. The van der Waals surface area contributed by atoms with Gasteiger partial charge in [-0.1, -0.05) is 0 Å². The molecule has 14 heavy (non-hydrogen) atoms. The van der Waals surface area contributed by atoms with E-state index in [-0.39, 0.29) is 6.10 Å². The number of likely N-dealkylation sites (N-methyl/N-ethyl adjacent to an activating group) is 1. The molecule has 4 heteroatoms. The first-order valence-electron chi connectivity index (χ1n) is 5.00. The summed E-state index contributed by atoms with van der Waals surface area (Å²) in [5, 5.41) is 16.8. The minimum atomic E-state index is -0.351. The van der Waals surface area contributed by atoms with Crippen molar-refractivity contribution in [3.8, 4) is 0 Å². The van der Waals surface area contributed by atoms with E-state index in [9.17, 15) is 5.11 Å². The Hall–Kier alpha value is -0.870. The fourth-order valence-corrected chi connectivity index (χ4v) is 1.32. The summed E-state index contributed by atoms with van der Waals surface area (Å²) in [7, 11) is 1.83. The van der Waals surface area contributed by atoms with Gasteiger partial charge >= 0.3 is 0 Å². The number of aliphatic hydroxyl groups excluding tert-OH is 1. The second kappa shape index (κ2) is 5.12. The Morgan fingerprint density at radius 1 is 1.57 bits per heavy atom. The van der Waals surface area contributed by atoms with Crippen LogP contribution in [0.5, 0.6) is 0 Å². The second-order valence-corrected chi connectivity index (χ2v) is 3.80. The molecule has 1 aromatic heterocycles. The zero-order chi connectivity index (χ0) is 10.6. The van der Waals surface area contributed by atoms with Crippen molar-refractivity contribution in [3.05, 3.63) is 18.0 Å². The van der Waals surface area contributed by atoms with E-state index in [1.54, 1.807) is 0 Å². The van der Waals surface area contributed by atoms with Gasteiger partial charge in [0.25, 0.3) is 0 Å². The number of rotatable bonds is 5. The third kappa shape index (κ3) is 3.12. The van der Waals surface area contributed by atoms with Crippen LogP contribution in [0.25, 0.3) is 0 Å². The third-order valence-electron chi connectivity index (χ3n) is 2.08. The average Bonchev–Trinajstić information content (AvgIpc) is 2.53. The lowest BCUT2D eigenvalue weighted by Crippen LogP contribution is -2.25. The van der Waals surface area contributed by atoms with Crippen molar-refractivity contribution in [1.29, 1.82) is 0 Å². The fourth-order valence-electron chi connectivity index (χ4n) is 1.32. The van der Waals surface area contributed by atoms with Crippen LogP contribution < -0.4 is 5.32 Å². The monoisotopic (exact) mass is 197 g/mol. The Bertz CT molecular complexity index is 270. The molecule has 1 heterocycles. The van der Waals surface area contributed by atoms with Crippen molar-refractivity contribution in [2.24, 2.45) is 0 Å². The molecule has 0 spiro atoms. The molecule has 0 aliphatic heterocycles. The van der Waals surface area contributed by atoms with Gasteiger partial charge in [-0.25, -0.2) is 0 Å². The maximum atomic E-state index is 9.54. The Labute approximate surface area is 84.9 Å². The van der Waals surface area contributed by atoms with Gasteiger partial charge < -0.3 is 10.4 Å². The first-order valence-corrected chi connectivity index (χ1v) is 5.00. The number of aromatic nitrogens is 2. The van der Waals surface area contributed by atoms with Crippen LogP contribution in [0.1, 0.15) is 25.6 Å². The molecule has 0 radical (unpaired) electrons. The molecule has 2 N–H and O–H groups in total. The van der Waals surface area contributed by atoms with Crippen molar-refractivity contribution in [2.75, 3.05) is 13.6 Å². The largest absolute Gasteiger partial charge is 0.391 e. The number of hydrogen-bond donors (Lipinski definition) is 2. The fraction of sp³-hybridized carbons (Fsp3) is 0.700. The molecule has 0 aliphatic rings. The van der Waals surface area contributed by atoms with Gasteiger partial charge in [0.15, 0.2) is 0 Å². The normalized spacial score (nSPS) is 13.5. The van der Waals surface area contributed by atoms with Gasteiger partial charge in [-0.3, -0.25) is 4.68 Å². The van der Waals surface area contributed by atoms with Crippen LogP contribution in [0.15, 0.2) is 12.3 Å². The quantitative estimate of drug-likeness (QED) is 0.726. The van der Waals surface area contributed by atoms with Crippen LogP contribution in [0.2, 0.25) is 0 Å². The highest BCUT2D eigenvalue weighted by Crippen LogP contribution is 2.05. The van der Waals surface area contributed by atoms with Gasteiger partial charge in [0.1, 0.15) is 0 Å². The van der Waals surface area contributed by atoms with Crippen LogP contribution in [0.4, 0.5) is 0 Å². The van der Waals surface area contributed by atoms with Gasteiger partial charge in [-0.05, 0) is 27.0 Å². The SMILES string of the molecule is CNCC(O)Cc1ccn(C(C)C)n1. The summed E-state index contributed by atoms with van der Waals surface area (Å²) < 4.78 is 1.90. The zero-order valence-electron chi connectivity index (χ0n) is 9.07. The van der Waals surface area contributed by atoms with Crippen molar-refractivity contribution in [1.82, 2.24) is 15.1 Å². The van der Waals surface area contributed by atoms with Gasteiger partial charge in [0.2, 0.25) is 0 Å². The topological polar surface area (TPSA) is 50.1 Å². The average molecular weight is 197 g/mol. The maximum absolute atomic E-state index is 9.54. The van der Waals surface area contributed by atoms with E-state index in [1.165, 1.54) is 0 Å². The second-order valence-electron chi connectivity index (χ2n) is 3.80. The summed E-state index contributed by atoms with van der Waals surface area (Å²) in [6, 6.07) is 2.34. The highest BCUT2D eigenvalue weighted by Gasteiger charge is 2.07. The van der Waals surface area contributed by atoms with E-state index in [0.717, 1.165) is 5.69 Å². The van der Waals surface area contributed by atoms with Gasteiger partial charge in [-0.2, -0.15) is 5.10 Å². The maximum Gasteiger partial charge on any atom is 0.0720 e. The van der Waals surface area contributed by atoms with Gasteiger partial charge in [-0.15, -0.1) is 0 Å². The van der Waals surface area contributed by atoms with Gasteiger partial charge in [0.05, 0.1) is 11.8 Å². The predicted molar refractivity (Wildman–Crippen MR) is 56.2 cm³/mol. The standard InChI is InChI=1S/C10H19N3O/c1-8(2)13-5-4-9(12-13)6-10(14)7-11-3/h4-5,8,10-11,14H,6-7H2,1-3H3. The third-order valence-corrected chi connectivity index (χ3v) is 2.08. The predicted octanol–water partition coefficient (Wildman–Crippen LogP) is 0.587. The molecule has 0 aliphatic carbocycles. The molecule has 1 rings (SSSR count). The summed E-state index contributed by atoms with van der Waals surface area (Å²) >= 11 is 0. The summed E-state index contributed by atoms with van der Waals surface area (Å²) in [5.41, 5.74) is 0.946. The lowest BCUT2D eigenvalue weighted by molar-refractivity contribution is 0.173. The van der Waals surface area contributed by atoms with Crippen LogP contribution in [0.3, 0.4) is 0 Å². The van der Waals surface area contributed by atoms with Crippen molar-refractivity contribution >= 4 is 0 Å². The highest BCUT2D eigenvalue weighted by molar-refractivity contribution is 5.01. The molecule has 0 saturated heterocycles. The van der Waals surface area contributed by atoms with E-state index < -0.39 is 0 Å². The smallest absolute Gasteiger partial charge is 0.0720 e. The first-order chi connectivity index (χ1) is 6.63. The molecular weight excluding hydrogens is 178 g/mol. The number of aliphatic hydroxyl groups is 1. The van der Waals surface area contributed by atoms with Crippen molar-refractivity contribution < 1.29 is 5.11 Å². The van der Waals surface area contributed by atoms with E-state index in [2.05, 4.69) is 24.3 Å². The Kier molecular flexibility index (Phi) is 4.10. The van der Waals surface area contributed by atoms with Crippen molar-refractivity contribution in [3.63, 3.8) is 0 Å². The number of hydrogen-bond acceptors (Lipinski definition) is 3. The number of nitrogens with zero attached hydrogens (tertiary/aromatic N) is 2. The Morgan fingerprint density at radius 2 is 2.29 bits per heavy atom. The molecule has 4 nitrogen and oxygen atoms in total. The molecular formula is C10H19N3O. The molecule has 1 unspecified atom stereocenters. The summed E-state index contributed by atoms with van der Waals surface area (Å²) in [5.74, 6) is 0. The van der Waals surface area contributed by atoms with E-state index in [1.807, 2.05) is 24.0 Å². The molecule has 1 atom stereocenters. The molecule has 80 valence electrons. The van der Waals surface area contributed by atoms with Crippen LogP contribution in [-0.4, -0.2) is 34.6 Å². The Morgan fingerprint density at radius 3 is 2.79 bits per heavy atom. The Balaban J connectivity index is 2.51. The van der Waals surface area contributed by atoms with Crippen LogP contribution in [0, 0.1) is 0 Å². The molecule has 0 aromatic carbocycles. The molecule has 0 fully saturated rings. The van der Waals surface area contributed by atoms with E-state index >= 15 is 0 Å². The minimum Gasteiger partial charge on any atom is -0.391 e. The molecule has 0 bridgehead atoms. The summed E-state index contributed by atoms with van der Waals surface area (Å²) in [4.78, 5) is 0. The van der Waals surface area contributed by atoms with E-state index in [4.69, 9.17) is 0 Å². The van der Waals surface area contributed by atoms with Gasteiger partial charge in [0, 0.05) is 25.2 Å². The molecule has 0 amide bonds. The summed E-state index contributed by atoms with van der Waals surface area (Å²) in [6.45, 7) is 4.77. The minimum absolute atomic E-state index is 0.351. The first kappa shape index (κ1) is 11.2. The van der Waals surface area contributed by atoms with Crippen molar-refractivity contribution in [2.45, 2.75) is 32.4 Å². The van der Waals surface area contributed by atoms with E-state index in [0.29, 0.717) is 19.0 Å².